The molecule has 2 nitrogen and oxygen atoms in total. The molecule has 18 heavy (non-hydrogen) atoms. The second-order valence-electron chi connectivity index (χ2n) is 5.27. The average Bonchev–Trinajstić information content (AvgIpc) is 2.61. The quantitative estimate of drug-likeness (QED) is 0.816. The van der Waals surface area contributed by atoms with Gasteiger partial charge in [-0.2, -0.15) is 0 Å². The molecular weight excluding hydrogens is 220 g/mol. The molecule has 0 saturated carbocycles. The molecule has 1 heterocycles. The number of aromatic nitrogens is 1. The highest BCUT2D eigenvalue weighted by atomic mass is 15.0. The van der Waals surface area contributed by atoms with E-state index in [1.807, 2.05) is 13.8 Å². The molecule has 2 heteroatoms. The Morgan fingerprint density at radius 1 is 1.33 bits per heavy atom. The summed E-state index contributed by atoms with van der Waals surface area (Å²) in [7, 11) is 2.11. The molecule has 0 unspecified atom stereocenters. The van der Waals surface area contributed by atoms with Gasteiger partial charge in [-0.25, -0.2) is 0 Å². The number of terminal acetylenes is 1. The van der Waals surface area contributed by atoms with Crippen LogP contribution in [0.4, 0.5) is 0 Å². The molecule has 2 aromatic rings. The highest BCUT2D eigenvalue weighted by Gasteiger charge is 2.16. The largest absolute Gasteiger partial charge is 0.346 e. The molecule has 1 aromatic heterocycles. The maximum atomic E-state index is 5.50. The summed E-state index contributed by atoms with van der Waals surface area (Å²) in [6.45, 7) is 6.99. The Hall–Kier alpha value is -1.72. The minimum Gasteiger partial charge on any atom is -0.346 e. The van der Waals surface area contributed by atoms with E-state index in [2.05, 4.69) is 54.0 Å². The maximum Gasteiger partial charge on any atom is 0.0744 e. The summed E-state index contributed by atoms with van der Waals surface area (Å²) in [6.07, 6.45) is 5.50. The molecular formula is C16H20N2. The van der Waals surface area contributed by atoms with Gasteiger partial charge in [0, 0.05) is 30.2 Å². The Morgan fingerprint density at radius 3 is 2.61 bits per heavy atom. The van der Waals surface area contributed by atoms with Crippen molar-refractivity contribution in [3.05, 3.63) is 35.5 Å². The number of nitrogens with zero attached hydrogens (tertiary/aromatic N) is 1. The summed E-state index contributed by atoms with van der Waals surface area (Å²) in [5, 5.41) is 4.73. The van der Waals surface area contributed by atoms with Crippen molar-refractivity contribution in [1.29, 1.82) is 0 Å². The summed E-state index contributed by atoms with van der Waals surface area (Å²) >= 11 is 0. The number of hydrogen-bond acceptors (Lipinski definition) is 1. The lowest BCUT2D eigenvalue weighted by atomic mass is 10.1. The van der Waals surface area contributed by atoms with Crippen LogP contribution < -0.4 is 5.32 Å². The van der Waals surface area contributed by atoms with Crippen molar-refractivity contribution < 1.29 is 0 Å². The van der Waals surface area contributed by atoms with Gasteiger partial charge in [0.2, 0.25) is 0 Å². The highest BCUT2D eigenvalue weighted by molar-refractivity contribution is 5.85. The lowest BCUT2D eigenvalue weighted by Gasteiger charge is -2.20. The number of benzene rings is 1. The van der Waals surface area contributed by atoms with Gasteiger partial charge in [-0.3, -0.25) is 5.32 Å². The zero-order valence-electron chi connectivity index (χ0n) is 11.5. The molecule has 1 aromatic carbocycles. The first-order chi connectivity index (χ1) is 8.46. The van der Waals surface area contributed by atoms with Gasteiger partial charge in [-0.15, -0.1) is 6.42 Å². The van der Waals surface area contributed by atoms with Crippen LogP contribution in [0.5, 0.6) is 0 Å². The van der Waals surface area contributed by atoms with Crippen LogP contribution in [0.25, 0.3) is 10.9 Å². The Labute approximate surface area is 109 Å². The number of rotatable bonds is 3. The smallest absolute Gasteiger partial charge is 0.0744 e. The van der Waals surface area contributed by atoms with Crippen LogP contribution in [0, 0.1) is 19.3 Å². The fourth-order valence-electron chi connectivity index (χ4n) is 2.24. The van der Waals surface area contributed by atoms with Crippen LogP contribution in [-0.4, -0.2) is 10.1 Å². The number of fused-ring (bicyclic) bond motifs is 1. The predicted octanol–water partition coefficient (Wildman–Crippen LogP) is 2.99. The molecule has 2 rings (SSSR count). The van der Waals surface area contributed by atoms with E-state index in [1.54, 1.807) is 0 Å². The Kier molecular flexibility index (Phi) is 3.19. The van der Waals surface area contributed by atoms with E-state index in [0.29, 0.717) is 0 Å². The normalized spacial score (nSPS) is 11.7. The Bertz CT molecular complexity index is 573. The van der Waals surface area contributed by atoms with Crippen molar-refractivity contribution in [1.82, 2.24) is 9.88 Å². The molecule has 0 aliphatic rings. The minimum atomic E-state index is -0.275. The summed E-state index contributed by atoms with van der Waals surface area (Å²) in [6, 6.07) is 8.47. The summed E-state index contributed by atoms with van der Waals surface area (Å²) < 4.78 is 2.24. The molecule has 0 saturated heterocycles. The highest BCUT2D eigenvalue weighted by Crippen LogP contribution is 2.24. The lowest BCUT2D eigenvalue weighted by molar-refractivity contribution is 0.481. The lowest BCUT2D eigenvalue weighted by Crippen LogP contribution is -2.37. The van der Waals surface area contributed by atoms with Crippen molar-refractivity contribution in [2.45, 2.75) is 32.9 Å². The van der Waals surface area contributed by atoms with Crippen molar-refractivity contribution in [2.75, 3.05) is 0 Å². The van der Waals surface area contributed by atoms with Crippen molar-refractivity contribution in [2.24, 2.45) is 7.05 Å². The number of para-hydroxylation sites is 1. The third kappa shape index (κ3) is 2.14. The van der Waals surface area contributed by atoms with Crippen LogP contribution in [0.3, 0.4) is 0 Å². The topological polar surface area (TPSA) is 17.0 Å². The minimum absolute atomic E-state index is 0.275. The van der Waals surface area contributed by atoms with Gasteiger partial charge in [0.25, 0.3) is 0 Å². The monoisotopic (exact) mass is 240 g/mol. The van der Waals surface area contributed by atoms with E-state index >= 15 is 0 Å². The molecule has 0 aliphatic heterocycles. The molecule has 1 N–H and O–H groups in total. The van der Waals surface area contributed by atoms with Crippen LogP contribution in [0.2, 0.25) is 0 Å². The van der Waals surface area contributed by atoms with Crippen molar-refractivity contribution in [3.8, 4) is 12.3 Å². The summed E-state index contributed by atoms with van der Waals surface area (Å²) in [5.74, 6) is 2.76. The van der Waals surface area contributed by atoms with Crippen LogP contribution in [-0.2, 0) is 13.6 Å². The van der Waals surface area contributed by atoms with Gasteiger partial charge in [-0.1, -0.05) is 24.1 Å². The SMILES string of the molecule is C#CC(C)(C)NCc1c(C)c2ccccc2n1C. The summed E-state index contributed by atoms with van der Waals surface area (Å²) in [5.41, 5.74) is 3.61. The molecule has 0 amide bonds. The van der Waals surface area contributed by atoms with Crippen LogP contribution >= 0.6 is 0 Å². The van der Waals surface area contributed by atoms with Gasteiger partial charge in [0.15, 0.2) is 0 Å². The van der Waals surface area contributed by atoms with Gasteiger partial charge in [0.05, 0.1) is 5.54 Å². The van der Waals surface area contributed by atoms with E-state index in [0.717, 1.165) is 6.54 Å². The van der Waals surface area contributed by atoms with E-state index in [9.17, 15) is 0 Å². The zero-order valence-corrected chi connectivity index (χ0v) is 11.5. The third-order valence-corrected chi connectivity index (χ3v) is 3.57. The van der Waals surface area contributed by atoms with Gasteiger partial charge >= 0.3 is 0 Å². The standard InChI is InChI=1S/C16H20N2/c1-6-16(3,4)17-11-15-12(2)13-9-7-8-10-14(13)18(15)5/h1,7-10,17H,11H2,2-5H3. The van der Waals surface area contributed by atoms with Gasteiger partial charge < -0.3 is 4.57 Å². The number of aryl methyl sites for hydroxylation is 2. The fraction of sp³-hybridized carbons (Fsp3) is 0.375. The van der Waals surface area contributed by atoms with Crippen molar-refractivity contribution in [3.63, 3.8) is 0 Å². The van der Waals surface area contributed by atoms with Crippen LogP contribution in [0.15, 0.2) is 24.3 Å². The second kappa shape index (κ2) is 4.51. The van der Waals surface area contributed by atoms with E-state index in [1.165, 1.54) is 22.2 Å². The average molecular weight is 240 g/mol. The molecule has 0 aliphatic carbocycles. The van der Waals surface area contributed by atoms with Crippen molar-refractivity contribution >= 4 is 10.9 Å². The molecule has 0 fully saturated rings. The molecule has 0 atom stereocenters. The van der Waals surface area contributed by atoms with Gasteiger partial charge in [-0.05, 0) is 32.4 Å². The second-order valence-corrected chi connectivity index (χ2v) is 5.27. The fourth-order valence-corrected chi connectivity index (χ4v) is 2.24. The predicted molar refractivity (Wildman–Crippen MR) is 77.4 cm³/mol. The van der Waals surface area contributed by atoms with Gasteiger partial charge in [0.1, 0.15) is 0 Å². The Morgan fingerprint density at radius 2 is 2.00 bits per heavy atom. The van der Waals surface area contributed by atoms with Crippen LogP contribution in [0.1, 0.15) is 25.1 Å². The first kappa shape index (κ1) is 12.7. The maximum absolute atomic E-state index is 5.50. The first-order valence-corrected chi connectivity index (χ1v) is 6.22. The molecule has 0 spiro atoms. The zero-order chi connectivity index (χ0) is 13.3. The third-order valence-electron chi connectivity index (χ3n) is 3.57. The van der Waals surface area contributed by atoms with E-state index in [4.69, 9.17) is 6.42 Å². The molecule has 94 valence electrons. The number of hydrogen-bond donors (Lipinski definition) is 1. The molecule has 0 bridgehead atoms. The molecule has 0 radical (unpaired) electrons. The number of nitrogens with one attached hydrogen (secondary N) is 1. The van der Waals surface area contributed by atoms with E-state index < -0.39 is 0 Å². The summed E-state index contributed by atoms with van der Waals surface area (Å²) in [4.78, 5) is 0. The van der Waals surface area contributed by atoms with E-state index in [-0.39, 0.29) is 5.54 Å². The Balaban J connectivity index is 2.38. The first-order valence-electron chi connectivity index (χ1n) is 6.22.